The molecule has 1 amide bonds. The molecular weight excluding hydrogens is 310 g/mol. The summed E-state index contributed by atoms with van der Waals surface area (Å²) in [4.78, 5) is 25.6. The first kappa shape index (κ1) is 17.8. The molecule has 7 heteroatoms. The van der Waals surface area contributed by atoms with Crippen LogP contribution in [0.4, 0.5) is 4.79 Å². The fraction of sp³-hybridized carbons (Fsp3) is 0.412. The molecule has 0 spiro atoms. The van der Waals surface area contributed by atoms with E-state index in [1.807, 2.05) is 26.2 Å². The highest BCUT2D eigenvalue weighted by Gasteiger charge is 2.21. The van der Waals surface area contributed by atoms with Gasteiger partial charge in [-0.1, -0.05) is 0 Å². The van der Waals surface area contributed by atoms with E-state index in [2.05, 4.69) is 4.90 Å². The number of hydrogen-bond donors (Lipinski definition) is 1. The first-order valence-corrected chi connectivity index (χ1v) is 7.66. The molecule has 1 unspecified atom stereocenters. The van der Waals surface area contributed by atoms with Crippen LogP contribution in [0.15, 0.2) is 24.4 Å². The molecule has 0 fully saturated rings. The van der Waals surface area contributed by atoms with Gasteiger partial charge in [0.1, 0.15) is 5.75 Å². The predicted octanol–water partition coefficient (Wildman–Crippen LogP) is 1.88. The van der Waals surface area contributed by atoms with Crippen LogP contribution in [0, 0.1) is 0 Å². The van der Waals surface area contributed by atoms with Gasteiger partial charge in [-0.15, -0.1) is 0 Å². The molecule has 1 aromatic carbocycles. The Morgan fingerprint density at radius 2 is 2.04 bits per heavy atom. The monoisotopic (exact) mass is 333 g/mol. The highest BCUT2D eigenvalue weighted by atomic mass is 16.6. The molecule has 1 heterocycles. The number of methoxy groups -OCH3 is 1. The van der Waals surface area contributed by atoms with E-state index < -0.39 is 12.2 Å². The van der Waals surface area contributed by atoms with Crippen LogP contribution in [0.2, 0.25) is 0 Å². The van der Waals surface area contributed by atoms with Gasteiger partial charge in [0.25, 0.3) is 5.91 Å². The summed E-state index contributed by atoms with van der Waals surface area (Å²) in [7, 11) is 5.59. The Morgan fingerprint density at radius 1 is 1.33 bits per heavy atom. The maximum atomic E-state index is 12.6. The lowest BCUT2D eigenvalue weighted by Crippen LogP contribution is -2.30. The van der Waals surface area contributed by atoms with E-state index in [-0.39, 0.29) is 5.91 Å². The highest BCUT2D eigenvalue weighted by Crippen LogP contribution is 2.27. The SMILES string of the molecule is COc1ccc2c(c1)c(CCN(C)C)cn2C(=O)C(C)OC(N)=O. The topological polar surface area (TPSA) is 86.8 Å². The third-order valence-corrected chi connectivity index (χ3v) is 3.80. The molecule has 0 aliphatic heterocycles. The van der Waals surface area contributed by atoms with Crippen molar-refractivity contribution >= 4 is 22.9 Å². The molecule has 24 heavy (non-hydrogen) atoms. The summed E-state index contributed by atoms with van der Waals surface area (Å²) in [6, 6.07) is 5.52. The molecule has 2 N–H and O–H groups in total. The molecule has 2 aromatic rings. The number of carbonyl (C=O) groups excluding carboxylic acids is 2. The van der Waals surface area contributed by atoms with Gasteiger partial charge < -0.3 is 20.1 Å². The number of aromatic nitrogens is 1. The maximum Gasteiger partial charge on any atom is 0.405 e. The lowest BCUT2D eigenvalue weighted by atomic mass is 10.1. The van der Waals surface area contributed by atoms with Crippen molar-refractivity contribution in [2.24, 2.45) is 5.73 Å². The number of primary amides is 1. The van der Waals surface area contributed by atoms with Crippen molar-refractivity contribution < 1.29 is 19.1 Å². The fourth-order valence-electron chi connectivity index (χ4n) is 2.55. The second-order valence-corrected chi connectivity index (χ2v) is 5.88. The van der Waals surface area contributed by atoms with Crippen molar-refractivity contribution in [3.05, 3.63) is 30.0 Å². The molecule has 130 valence electrons. The minimum atomic E-state index is -0.971. The van der Waals surface area contributed by atoms with Gasteiger partial charge in [0.15, 0.2) is 6.10 Å². The van der Waals surface area contributed by atoms with Gasteiger partial charge in [0.2, 0.25) is 0 Å². The van der Waals surface area contributed by atoms with Crippen molar-refractivity contribution in [1.29, 1.82) is 0 Å². The summed E-state index contributed by atoms with van der Waals surface area (Å²) in [5.74, 6) is 0.375. The molecule has 0 radical (unpaired) electrons. The molecule has 1 aromatic heterocycles. The number of hydrogen-bond acceptors (Lipinski definition) is 5. The first-order valence-electron chi connectivity index (χ1n) is 7.66. The second kappa shape index (κ2) is 7.35. The van der Waals surface area contributed by atoms with Gasteiger partial charge in [0, 0.05) is 18.1 Å². The van der Waals surface area contributed by atoms with Crippen LogP contribution in [-0.2, 0) is 11.2 Å². The second-order valence-electron chi connectivity index (χ2n) is 5.88. The van der Waals surface area contributed by atoms with Crippen LogP contribution < -0.4 is 10.5 Å². The number of likely N-dealkylation sites (N-methyl/N-ethyl adjacent to an activating group) is 1. The average Bonchev–Trinajstić information content (AvgIpc) is 2.89. The van der Waals surface area contributed by atoms with Crippen molar-refractivity contribution in [2.45, 2.75) is 19.4 Å². The summed E-state index contributed by atoms with van der Waals surface area (Å²) >= 11 is 0. The third kappa shape index (κ3) is 3.86. The minimum Gasteiger partial charge on any atom is -0.497 e. The lowest BCUT2D eigenvalue weighted by Gasteiger charge is -2.11. The number of benzene rings is 1. The number of rotatable bonds is 6. The van der Waals surface area contributed by atoms with Gasteiger partial charge in [-0.2, -0.15) is 0 Å². The third-order valence-electron chi connectivity index (χ3n) is 3.80. The van der Waals surface area contributed by atoms with E-state index in [1.165, 1.54) is 11.5 Å². The molecule has 0 aliphatic rings. The Morgan fingerprint density at radius 3 is 2.62 bits per heavy atom. The van der Waals surface area contributed by atoms with Crippen molar-refractivity contribution in [3.8, 4) is 5.75 Å². The molecule has 2 rings (SSSR count). The first-order chi connectivity index (χ1) is 11.3. The number of nitrogens with zero attached hydrogens (tertiary/aromatic N) is 2. The molecule has 0 aliphatic carbocycles. The molecular formula is C17H23N3O4. The summed E-state index contributed by atoms with van der Waals surface area (Å²) in [6.45, 7) is 2.35. The van der Waals surface area contributed by atoms with Crippen LogP contribution in [0.1, 0.15) is 17.3 Å². The molecule has 0 saturated carbocycles. The van der Waals surface area contributed by atoms with Crippen LogP contribution in [0.25, 0.3) is 10.9 Å². The highest BCUT2D eigenvalue weighted by molar-refractivity contribution is 5.97. The maximum absolute atomic E-state index is 12.6. The number of nitrogens with two attached hydrogens (primary N) is 1. The Hall–Kier alpha value is -2.54. The van der Waals surface area contributed by atoms with Crippen molar-refractivity contribution in [1.82, 2.24) is 9.47 Å². The zero-order valence-corrected chi connectivity index (χ0v) is 14.4. The van der Waals surface area contributed by atoms with E-state index in [9.17, 15) is 9.59 Å². The summed E-state index contributed by atoms with van der Waals surface area (Å²) in [5, 5.41) is 0.941. The number of carbonyl (C=O) groups is 2. The van der Waals surface area contributed by atoms with E-state index in [4.69, 9.17) is 15.2 Å². The smallest absolute Gasteiger partial charge is 0.405 e. The number of ether oxygens (including phenoxy) is 2. The minimum absolute atomic E-state index is 0.347. The van der Waals surface area contributed by atoms with Gasteiger partial charge in [-0.25, -0.2) is 4.79 Å². The quantitative estimate of drug-likeness (QED) is 0.872. The van der Waals surface area contributed by atoms with Crippen LogP contribution in [0.5, 0.6) is 5.75 Å². The van der Waals surface area contributed by atoms with Crippen LogP contribution in [0.3, 0.4) is 0 Å². The molecule has 0 bridgehead atoms. The van der Waals surface area contributed by atoms with Gasteiger partial charge >= 0.3 is 6.09 Å². The van der Waals surface area contributed by atoms with E-state index in [0.717, 1.165) is 35.2 Å². The predicted molar refractivity (Wildman–Crippen MR) is 91.5 cm³/mol. The zero-order valence-electron chi connectivity index (χ0n) is 14.4. The standard InChI is InChI=1S/C17H23N3O4/c1-11(24-17(18)22)16(21)20-10-12(7-8-19(2)3)14-9-13(23-4)5-6-15(14)20/h5-6,9-11H,7-8H2,1-4H3,(H2,18,22). The molecule has 1 atom stereocenters. The Kier molecular flexibility index (Phi) is 5.46. The summed E-state index contributed by atoms with van der Waals surface area (Å²) in [6.07, 6.45) is 0.641. The number of amides is 1. The van der Waals surface area contributed by atoms with Crippen LogP contribution >= 0.6 is 0 Å². The Labute approximate surface area is 140 Å². The van der Waals surface area contributed by atoms with Crippen molar-refractivity contribution in [3.63, 3.8) is 0 Å². The van der Waals surface area contributed by atoms with Gasteiger partial charge in [-0.3, -0.25) is 9.36 Å². The van der Waals surface area contributed by atoms with E-state index >= 15 is 0 Å². The fourth-order valence-corrected chi connectivity index (χ4v) is 2.55. The Bertz CT molecular complexity index is 752. The van der Waals surface area contributed by atoms with Gasteiger partial charge in [-0.05, 0) is 51.2 Å². The summed E-state index contributed by atoms with van der Waals surface area (Å²) in [5.41, 5.74) is 6.77. The normalized spacial score (nSPS) is 12.4. The molecule has 0 saturated heterocycles. The van der Waals surface area contributed by atoms with Gasteiger partial charge in [0.05, 0.1) is 12.6 Å². The number of fused-ring (bicyclic) bond motifs is 1. The Balaban J connectivity index is 2.46. The summed E-state index contributed by atoms with van der Waals surface area (Å²) < 4.78 is 11.6. The van der Waals surface area contributed by atoms with Crippen molar-refractivity contribution in [2.75, 3.05) is 27.7 Å². The largest absolute Gasteiger partial charge is 0.497 e. The van der Waals surface area contributed by atoms with E-state index in [0.29, 0.717) is 0 Å². The van der Waals surface area contributed by atoms with Crippen LogP contribution in [-0.4, -0.2) is 55.3 Å². The zero-order chi connectivity index (χ0) is 17.9. The molecule has 7 nitrogen and oxygen atoms in total. The lowest BCUT2D eigenvalue weighted by molar-refractivity contribution is 0.0616. The average molecular weight is 333 g/mol. The van der Waals surface area contributed by atoms with E-state index in [1.54, 1.807) is 19.4 Å².